The first-order valence-corrected chi connectivity index (χ1v) is 6.25. The summed E-state index contributed by atoms with van der Waals surface area (Å²) < 4.78 is 0. The Hall–Kier alpha value is -1.26. The number of nitrogens with one attached hydrogen (secondary N) is 1. The molecule has 1 amide bonds. The first kappa shape index (κ1) is 13.2. The molecule has 18 heavy (non-hydrogen) atoms. The van der Waals surface area contributed by atoms with Crippen molar-refractivity contribution in [3.63, 3.8) is 0 Å². The van der Waals surface area contributed by atoms with Crippen LogP contribution in [0.4, 0.5) is 5.69 Å². The highest BCUT2D eigenvalue weighted by Gasteiger charge is 2.26. The lowest BCUT2D eigenvalue weighted by Gasteiger charge is -2.11. The van der Waals surface area contributed by atoms with Crippen LogP contribution in [0.5, 0.6) is 0 Å². The van der Waals surface area contributed by atoms with Gasteiger partial charge in [-0.1, -0.05) is 23.2 Å². The van der Waals surface area contributed by atoms with Gasteiger partial charge in [-0.25, -0.2) is 4.79 Å². The zero-order valence-corrected chi connectivity index (χ0v) is 10.9. The van der Waals surface area contributed by atoms with Crippen molar-refractivity contribution in [3.05, 3.63) is 27.7 Å². The molecular weight excluding hydrogens is 277 g/mol. The maximum absolute atomic E-state index is 11.7. The number of carboxylic acids is 1. The van der Waals surface area contributed by atoms with Gasteiger partial charge in [0.15, 0.2) is 0 Å². The van der Waals surface area contributed by atoms with Gasteiger partial charge in [-0.05, 0) is 30.9 Å². The summed E-state index contributed by atoms with van der Waals surface area (Å²) in [6.45, 7) is 0. The van der Waals surface area contributed by atoms with Crippen molar-refractivity contribution in [2.24, 2.45) is 5.92 Å². The molecular formula is C12H11Cl2NO3. The fourth-order valence-electron chi connectivity index (χ4n) is 1.66. The molecule has 0 saturated heterocycles. The van der Waals surface area contributed by atoms with Gasteiger partial charge in [0.25, 0.3) is 0 Å². The molecule has 1 fully saturated rings. The number of hydrogen-bond acceptors (Lipinski definition) is 2. The Bertz CT molecular complexity index is 512. The van der Waals surface area contributed by atoms with Crippen molar-refractivity contribution in [3.8, 4) is 0 Å². The summed E-state index contributed by atoms with van der Waals surface area (Å²) in [5, 5.41) is 11.8. The van der Waals surface area contributed by atoms with Crippen LogP contribution in [-0.2, 0) is 4.79 Å². The molecule has 0 radical (unpaired) electrons. The minimum Gasteiger partial charge on any atom is -0.478 e. The lowest BCUT2D eigenvalue weighted by Crippen LogP contribution is -2.15. The van der Waals surface area contributed by atoms with Crippen molar-refractivity contribution >= 4 is 40.8 Å². The third-order valence-corrected chi connectivity index (χ3v) is 3.38. The van der Waals surface area contributed by atoms with Gasteiger partial charge in [-0.3, -0.25) is 4.79 Å². The van der Waals surface area contributed by atoms with Crippen LogP contribution in [0, 0.1) is 5.92 Å². The minimum absolute atomic E-state index is 0.0496. The lowest BCUT2D eigenvalue weighted by molar-refractivity contribution is -0.116. The van der Waals surface area contributed by atoms with E-state index in [1.807, 2.05) is 0 Å². The maximum atomic E-state index is 11.7. The molecule has 0 bridgehead atoms. The third kappa shape index (κ3) is 2.94. The number of rotatable bonds is 4. The number of benzene rings is 1. The summed E-state index contributed by atoms with van der Waals surface area (Å²) in [5.41, 5.74) is -0.101. The van der Waals surface area contributed by atoms with E-state index in [4.69, 9.17) is 28.3 Å². The minimum atomic E-state index is -1.22. The Morgan fingerprint density at radius 2 is 1.89 bits per heavy atom. The molecule has 4 nitrogen and oxygen atoms in total. The molecule has 0 unspecified atom stereocenters. The van der Waals surface area contributed by atoms with E-state index in [0.29, 0.717) is 12.3 Å². The van der Waals surface area contributed by atoms with Crippen LogP contribution in [0.3, 0.4) is 0 Å². The van der Waals surface area contributed by atoms with Crippen LogP contribution in [0.2, 0.25) is 10.0 Å². The number of carbonyl (C=O) groups excluding carboxylic acids is 1. The molecule has 0 aliphatic heterocycles. The molecule has 0 spiro atoms. The van der Waals surface area contributed by atoms with E-state index < -0.39 is 5.97 Å². The molecule has 1 aliphatic carbocycles. The third-order valence-electron chi connectivity index (χ3n) is 2.75. The van der Waals surface area contributed by atoms with Gasteiger partial charge in [0.1, 0.15) is 5.56 Å². The first-order chi connectivity index (χ1) is 8.49. The summed E-state index contributed by atoms with van der Waals surface area (Å²) in [6, 6.07) is 2.85. The Labute approximate surface area is 114 Å². The maximum Gasteiger partial charge on any atom is 0.339 e. The number of anilines is 1. The molecule has 0 heterocycles. The fraction of sp³-hybridized carbons (Fsp3) is 0.333. The van der Waals surface area contributed by atoms with Gasteiger partial charge in [0.2, 0.25) is 5.91 Å². The van der Waals surface area contributed by atoms with E-state index in [9.17, 15) is 9.59 Å². The van der Waals surface area contributed by atoms with Crippen molar-refractivity contribution in [1.82, 2.24) is 0 Å². The van der Waals surface area contributed by atoms with Gasteiger partial charge in [-0.2, -0.15) is 0 Å². The van der Waals surface area contributed by atoms with E-state index in [1.165, 1.54) is 12.1 Å². The topological polar surface area (TPSA) is 66.4 Å². The Morgan fingerprint density at radius 1 is 1.28 bits per heavy atom. The van der Waals surface area contributed by atoms with Crippen LogP contribution in [0.25, 0.3) is 0 Å². The monoisotopic (exact) mass is 287 g/mol. The molecule has 1 aromatic carbocycles. The van der Waals surface area contributed by atoms with Crippen LogP contribution < -0.4 is 5.32 Å². The lowest BCUT2D eigenvalue weighted by atomic mass is 10.1. The molecule has 2 N–H and O–H groups in total. The number of hydrogen-bond donors (Lipinski definition) is 2. The summed E-state index contributed by atoms with van der Waals surface area (Å²) in [7, 11) is 0. The van der Waals surface area contributed by atoms with Crippen molar-refractivity contribution in [2.45, 2.75) is 19.3 Å². The highest BCUT2D eigenvalue weighted by Crippen LogP contribution is 2.35. The van der Waals surface area contributed by atoms with Gasteiger partial charge >= 0.3 is 5.97 Å². The van der Waals surface area contributed by atoms with E-state index in [2.05, 4.69) is 5.32 Å². The van der Waals surface area contributed by atoms with E-state index >= 15 is 0 Å². The Morgan fingerprint density at radius 3 is 2.44 bits per heavy atom. The normalized spacial score (nSPS) is 14.3. The second-order valence-corrected chi connectivity index (χ2v) is 5.09. The number of halogens is 2. The highest BCUT2D eigenvalue weighted by atomic mass is 35.5. The number of amides is 1. The van der Waals surface area contributed by atoms with Crippen LogP contribution in [0.1, 0.15) is 29.6 Å². The Kier molecular flexibility index (Phi) is 3.78. The number of aromatic carboxylic acids is 1. The fourth-order valence-corrected chi connectivity index (χ4v) is 2.10. The van der Waals surface area contributed by atoms with Crippen LogP contribution in [0.15, 0.2) is 12.1 Å². The van der Waals surface area contributed by atoms with Gasteiger partial charge in [0, 0.05) is 6.42 Å². The van der Waals surface area contributed by atoms with Crippen molar-refractivity contribution < 1.29 is 14.7 Å². The molecule has 1 aromatic rings. The average Bonchev–Trinajstić information content (AvgIpc) is 3.06. The summed E-state index contributed by atoms with van der Waals surface area (Å²) >= 11 is 11.7. The van der Waals surface area contributed by atoms with Crippen LogP contribution in [-0.4, -0.2) is 17.0 Å². The summed E-state index contributed by atoms with van der Waals surface area (Å²) in [4.78, 5) is 22.8. The summed E-state index contributed by atoms with van der Waals surface area (Å²) in [5.74, 6) is -1.04. The van der Waals surface area contributed by atoms with Crippen LogP contribution >= 0.6 is 23.2 Å². The second-order valence-electron chi connectivity index (χ2n) is 4.28. The largest absolute Gasteiger partial charge is 0.478 e. The zero-order chi connectivity index (χ0) is 13.3. The van der Waals surface area contributed by atoms with Crippen molar-refractivity contribution in [1.29, 1.82) is 0 Å². The van der Waals surface area contributed by atoms with Gasteiger partial charge in [-0.15, -0.1) is 0 Å². The molecule has 2 rings (SSSR count). The summed E-state index contributed by atoms with van der Waals surface area (Å²) in [6.07, 6.45) is 2.48. The SMILES string of the molecule is O=C(CC1CC1)Nc1c(Cl)ccc(Cl)c1C(=O)O. The Balaban J connectivity index is 2.26. The molecule has 0 atom stereocenters. The predicted molar refractivity (Wildman–Crippen MR) is 69.4 cm³/mol. The van der Waals surface area contributed by atoms with Gasteiger partial charge in [0.05, 0.1) is 15.7 Å². The molecule has 96 valence electrons. The first-order valence-electron chi connectivity index (χ1n) is 5.50. The average molecular weight is 288 g/mol. The molecule has 0 aromatic heterocycles. The predicted octanol–water partition coefficient (Wildman–Crippen LogP) is 3.43. The van der Waals surface area contributed by atoms with Gasteiger partial charge < -0.3 is 10.4 Å². The van der Waals surface area contributed by atoms with E-state index in [-0.39, 0.29) is 27.2 Å². The molecule has 1 saturated carbocycles. The van der Waals surface area contributed by atoms with E-state index in [0.717, 1.165) is 12.8 Å². The smallest absolute Gasteiger partial charge is 0.339 e. The van der Waals surface area contributed by atoms with Crippen molar-refractivity contribution in [2.75, 3.05) is 5.32 Å². The second kappa shape index (κ2) is 5.16. The quantitative estimate of drug-likeness (QED) is 0.892. The van der Waals surface area contributed by atoms with E-state index in [1.54, 1.807) is 0 Å². The standard InChI is InChI=1S/C12H11Cl2NO3/c13-7-3-4-8(14)11(10(7)12(17)18)15-9(16)5-6-1-2-6/h3-4,6H,1-2,5H2,(H,15,16)(H,17,18). The molecule has 1 aliphatic rings. The number of carbonyl (C=O) groups is 2. The number of carboxylic acid groups (broad SMARTS) is 1. The zero-order valence-electron chi connectivity index (χ0n) is 9.37. The molecule has 6 heteroatoms. The highest BCUT2D eigenvalue weighted by molar-refractivity contribution is 6.38.